The Morgan fingerprint density at radius 2 is 1.61 bits per heavy atom. The minimum atomic E-state index is -4.45. The Kier molecular flexibility index (Phi) is 5.62. The van der Waals surface area contributed by atoms with Crippen LogP contribution in [0.2, 0.25) is 0 Å². The maximum Gasteiger partial charge on any atom is 0.344 e. The number of nitrogens with zero attached hydrogens (tertiary/aromatic N) is 3. The van der Waals surface area contributed by atoms with E-state index in [9.17, 15) is 26.4 Å². The number of carbonyl (C=O) groups excluding carboxylic acids is 1. The van der Waals surface area contributed by atoms with Gasteiger partial charge in [0, 0.05) is 23.8 Å². The van der Waals surface area contributed by atoms with Gasteiger partial charge in [0.05, 0.1) is 32.6 Å². The predicted molar refractivity (Wildman–Crippen MR) is 111 cm³/mol. The zero-order valence-corrected chi connectivity index (χ0v) is 18.1. The molecule has 12 heteroatoms. The first kappa shape index (κ1) is 22.4. The van der Waals surface area contributed by atoms with Gasteiger partial charge in [-0.2, -0.15) is 4.31 Å². The minimum absolute atomic E-state index is 0.0950. The molecule has 0 saturated heterocycles. The first-order valence-corrected chi connectivity index (χ1v) is 10.8. The molecule has 0 atom stereocenters. The molecule has 8 nitrogen and oxygen atoms in total. The number of fused-ring (bicyclic) bond motifs is 1. The van der Waals surface area contributed by atoms with Gasteiger partial charge >= 0.3 is 6.03 Å². The number of methoxy groups -OCH3 is 2. The van der Waals surface area contributed by atoms with Crippen LogP contribution in [0.5, 0.6) is 11.5 Å². The lowest BCUT2D eigenvalue weighted by atomic mass is 10.1. The van der Waals surface area contributed by atoms with E-state index in [1.807, 2.05) is 0 Å². The van der Waals surface area contributed by atoms with Crippen molar-refractivity contribution in [3.63, 3.8) is 0 Å². The average Bonchev–Trinajstić information content (AvgIpc) is 2.77. The lowest BCUT2D eigenvalue weighted by molar-refractivity contribution is 0.253. The Labute approximate surface area is 186 Å². The van der Waals surface area contributed by atoms with Gasteiger partial charge in [0.2, 0.25) is 0 Å². The van der Waals surface area contributed by atoms with Gasteiger partial charge in [-0.25, -0.2) is 31.4 Å². The van der Waals surface area contributed by atoms with Crippen LogP contribution < -0.4 is 18.7 Å². The van der Waals surface area contributed by atoms with Gasteiger partial charge in [-0.3, -0.25) is 4.90 Å². The maximum absolute atomic E-state index is 14.3. The summed E-state index contributed by atoms with van der Waals surface area (Å²) in [5.41, 5.74) is -0.707. The molecular weight excluding hydrogens is 463 g/mol. The van der Waals surface area contributed by atoms with Crippen LogP contribution in [-0.4, -0.2) is 33.7 Å². The van der Waals surface area contributed by atoms with E-state index in [0.717, 1.165) is 4.90 Å². The number of halogens is 3. The van der Waals surface area contributed by atoms with Gasteiger partial charge in [-0.05, 0) is 12.1 Å². The molecule has 4 rings (SSSR count). The summed E-state index contributed by atoms with van der Waals surface area (Å²) in [6, 6.07) is 6.46. The minimum Gasteiger partial charge on any atom is -0.493 e. The maximum atomic E-state index is 14.3. The van der Waals surface area contributed by atoms with Crippen LogP contribution in [0.25, 0.3) is 0 Å². The van der Waals surface area contributed by atoms with E-state index in [4.69, 9.17) is 9.47 Å². The molecule has 0 aliphatic carbocycles. The molecule has 172 valence electrons. The van der Waals surface area contributed by atoms with Crippen molar-refractivity contribution in [3.05, 3.63) is 71.7 Å². The quantitative estimate of drug-likeness (QED) is 0.552. The van der Waals surface area contributed by atoms with Gasteiger partial charge < -0.3 is 9.47 Å². The highest BCUT2D eigenvalue weighted by atomic mass is 32.2. The molecule has 0 bridgehead atoms. The Morgan fingerprint density at radius 3 is 2.24 bits per heavy atom. The van der Waals surface area contributed by atoms with Crippen molar-refractivity contribution in [3.8, 4) is 11.5 Å². The summed E-state index contributed by atoms with van der Waals surface area (Å²) >= 11 is 0. The Hall–Kier alpha value is -3.80. The largest absolute Gasteiger partial charge is 0.493 e. The molecule has 0 spiro atoms. The van der Waals surface area contributed by atoms with Crippen LogP contribution in [0.1, 0.15) is 5.56 Å². The fraction of sp³-hybridized carbons (Fsp3) is 0.143. The molecule has 2 aromatic carbocycles. The molecule has 2 amide bonds. The lowest BCUT2D eigenvalue weighted by Gasteiger charge is -2.35. The van der Waals surface area contributed by atoms with Crippen molar-refractivity contribution in [1.29, 1.82) is 0 Å². The van der Waals surface area contributed by atoms with E-state index in [-0.39, 0.29) is 27.9 Å². The molecule has 1 aliphatic heterocycles. The highest BCUT2D eigenvalue weighted by molar-refractivity contribution is 7.94. The molecule has 1 aromatic heterocycles. The fourth-order valence-corrected chi connectivity index (χ4v) is 4.95. The highest BCUT2D eigenvalue weighted by Gasteiger charge is 2.44. The van der Waals surface area contributed by atoms with Crippen molar-refractivity contribution >= 4 is 27.6 Å². The van der Waals surface area contributed by atoms with E-state index in [0.29, 0.717) is 16.4 Å². The summed E-state index contributed by atoms with van der Waals surface area (Å²) in [6.07, 6.45) is 1.17. The highest BCUT2D eigenvalue weighted by Crippen LogP contribution is 2.39. The molecular formula is C21H16F3N3O5S. The summed E-state index contributed by atoms with van der Waals surface area (Å²) in [6.45, 7) is -0.701. The van der Waals surface area contributed by atoms with Crippen molar-refractivity contribution < 1.29 is 35.9 Å². The second-order valence-electron chi connectivity index (χ2n) is 6.85. The van der Waals surface area contributed by atoms with Crippen molar-refractivity contribution in [2.45, 2.75) is 11.4 Å². The van der Waals surface area contributed by atoms with Gasteiger partial charge in [-0.15, -0.1) is 0 Å². The fourth-order valence-electron chi connectivity index (χ4n) is 3.41. The predicted octanol–water partition coefficient (Wildman–Crippen LogP) is 3.85. The summed E-state index contributed by atoms with van der Waals surface area (Å²) < 4.78 is 79.3. The van der Waals surface area contributed by atoms with Gasteiger partial charge in [0.25, 0.3) is 10.0 Å². The third-order valence-electron chi connectivity index (χ3n) is 4.97. The Bertz CT molecular complexity index is 1340. The molecule has 3 aromatic rings. The number of aromatic nitrogens is 1. The SMILES string of the molecule is COc1cnc(N2C(=O)N(Cc3c(F)cc(F)cc3F)c3ccccc3S2(=O)=O)cc1OC. The van der Waals surface area contributed by atoms with Crippen LogP contribution in [0, 0.1) is 17.5 Å². The number of urea groups is 1. The molecule has 0 unspecified atom stereocenters. The number of sulfonamides is 1. The molecule has 2 heterocycles. The van der Waals surface area contributed by atoms with Gasteiger partial charge in [-0.1, -0.05) is 12.1 Å². The van der Waals surface area contributed by atoms with E-state index < -0.39 is 45.6 Å². The number of rotatable bonds is 5. The monoisotopic (exact) mass is 479 g/mol. The smallest absolute Gasteiger partial charge is 0.344 e. The van der Waals surface area contributed by atoms with Gasteiger partial charge in [0.1, 0.15) is 22.3 Å². The summed E-state index contributed by atoms with van der Waals surface area (Å²) in [7, 11) is -1.78. The summed E-state index contributed by atoms with van der Waals surface area (Å²) in [4.78, 5) is 18.0. The molecule has 0 fully saturated rings. The average molecular weight is 479 g/mol. The number of pyridine rings is 1. The van der Waals surface area contributed by atoms with Crippen LogP contribution >= 0.6 is 0 Å². The second-order valence-corrected chi connectivity index (χ2v) is 8.61. The van der Waals surface area contributed by atoms with E-state index >= 15 is 0 Å². The van der Waals surface area contributed by atoms with E-state index in [1.54, 1.807) is 0 Å². The second kappa shape index (κ2) is 8.28. The van der Waals surface area contributed by atoms with Crippen LogP contribution in [0.15, 0.2) is 53.6 Å². The summed E-state index contributed by atoms with van der Waals surface area (Å²) in [5.74, 6) is -3.60. The third kappa shape index (κ3) is 3.71. The number of hydrogen-bond acceptors (Lipinski definition) is 6. The molecule has 0 saturated carbocycles. The van der Waals surface area contributed by atoms with E-state index in [2.05, 4.69) is 4.98 Å². The first-order valence-electron chi connectivity index (χ1n) is 9.36. The standard InChI is InChI=1S/C21H16F3N3O5S/c1-31-17-9-20(25-10-18(17)32-2)27-21(28)26(11-13-14(23)7-12(22)8-15(13)24)16-5-3-4-6-19(16)33(27,29)30/h3-10H,11H2,1-2H3. The first-order chi connectivity index (χ1) is 15.7. The number of ether oxygens (including phenoxy) is 2. The van der Waals surface area contributed by atoms with Crippen LogP contribution in [0.4, 0.5) is 29.5 Å². The van der Waals surface area contributed by atoms with Crippen molar-refractivity contribution in [1.82, 2.24) is 4.98 Å². The molecule has 1 aliphatic rings. The lowest BCUT2D eigenvalue weighted by Crippen LogP contribution is -2.51. The number of hydrogen-bond donors (Lipinski definition) is 0. The summed E-state index contributed by atoms with van der Waals surface area (Å²) in [5, 5.41) is 0. The zero-order chi connectivity index (χ0) is 23.9. The third-order valence-corrected chi connectivity index (χ3v) is 6.69. The van der Waals surface area contributed by atoms with Crippen molar-refractivity contribution in [2.24, 2.45) is 0 Å². The van der Waals surface area contributed by atoms with Gasteiger partial charge in [0.15, 0.2) is 17.3 Å². The molecule has 0 radical (unpaired) electrons. The van der Waals surface area contributed by atoms with E-state index in [1.165, 1.54) is 50.7 Å². The molecule has 33 heavy (non-hydrogen) atoms. The van der Waals surface area contributed by atoms with Crippen LogP contribution in [0.3, 0.4) is 0 Å². The Balaban J connectivity index is 1.89. The topological polar surface area (TPSA) is 89.0 Å². The normalized spacial score (nSPS) is 14.8. The number of anilines is 2. The zero-order valence-electron chi connectivity index (χ0n) is 17.3. The number of para-hydroxylation sites is 1. The number of amides is 2. The number of carbonyl (C=O) groups is 1. The van der Waals surface area contributed by atoms with Crippen molar-refractivity contribution in [2.75, 3.05) is 23.4 Å². The van der Waals surface area contributed by atoms with Crippen LogP contribution in [-0.2, 0) is 16.6 Å². The Morgan fingerprint density at radius 1 is 0.970 bits per heavy atom. The number of benzene rings is 2. The molecule has 0 N–H and O–H groups in total.